The van der Waals surface area contributed by atoms with Gasteiger partial charge in [0, 0.05) is 32.1 Å². The van der Waals surface area contributed by atoms with Gasteiger partial charge in [0.2, 0.25) is 0 Å². The molecule has 0 bridgehead atoms. The third kappa shape index (κ3) is 3.24. The lowest BCUT2D eigenvalue weighted by atomic mass is 10.0. The number of carbonyl (C=O) groups excluding carboxylic acids is 1. The molecule has 0 spiro atoms. The Balaban J connectivity index is 1.28. The fourth-order valence-electron chi connectivity index (χ4n) is 3.80. The van der Waals surface area contributed by atoms with Crippen LogP contribution in [-0.4, -0.2) is 59.6 Å². The molecule has 2 aromatic rings. The number of nitrogens with one attached hydrogen (secondary N) is 1. The first-order chi connectivity index (χ1) is 11.8. The van der Waals surface area contributed by atoms with Gasteiger partial charge in [-0.15, -0.1) is 0 Å². The summed E-state index contributed by atoms with van der Waals surface area (Å²) in [4.78, 5) is 20.9. The van der Waals surface area contributed by atoms with E-state index in [0.29, 0.717) is 6.04 Å². The van der Waals surface area contributed by atoms with E-state index in [4.69, 9.17) is 4.42 Å². The van der Waals surface area contributed by atoms with Crippen molar-refractivity contribution in [2.75, 3.05) is 32.7 Å². The summed E-state index contributed by atoms with van der Waals surface area (Å²) in [5.74, 6) is 0.823. The summed E-state index contributed by atoms with van der Waals surface area (Å²) in [6.07, 6.45) is 4.18. The van der Waals surface area contributed by atoms with Crippen molar-refractivity contribution in [1.82, 2.24) is 20.1 Å². The Morgan fingerprint density at radius 3 is 3.04 bits per heavy atom. The summed E-state index contributed by atoms with van der Waals surface area (Å²) in [7, 11) is 0. The minimum absolute atomic E-state index is 0.105. The molecule has 6 heteroatoms. The molecule has 2 aliphatic rings. The van der Waals surface area contributed by atoms with E-state index in [9.17, 15) is 4.79 Å². The van der Waals surface area contributed by atoms with Gasteiger partial charge in [0.15, 0.2) is 11.5 Å². The third-order valence-electron chi connectivity index (χ3n) is 5.01. The molecule has 2 fully saturated rings. The highest BCUT2D eigenvalue weighted by atomic mass is 16.3. The van der Waals surface area contributed by atoms with Crippen LogP contribution >= 0.6 is 0 Å². The van der Waals surface area contributed by atoms with Crippen LogP contribution in [0.15, 0.2) is 28.7 Å². The van der Waals surface area contributed by atoms with E-state index < -0.39 is 0 Å². The standard InChI is InChI=1S/C18H24N4O2/c23-18-19-9-12-22(18)14-5-3-10-21(13-14)11-4-8-17-20-15-6-1-2-7-16(15)24-17/h1-2,6-7,14H,3-5,8-13H2,(H,19,23). The van der Waals surface area contributed by atoms with Gasteiger partial charge < -0.3 is 19.5 Å². The van der Waals surface area contributed by atoms with Gasteiger partial charge in [-0.25, -0.2) is 9.78 Å². The molecule has 0 radical (unpaired) electrons. The number of benzene rings is 1. The van der Waals surface area contributed by atoms with Crippen LogP contribution in [-0.2, 0) is 6.42 Å². The molecular weight excluding hydrogens is 304 g/mol. The molecule has 1 aromatic carbocycles. The van der Waals surface area contributed by atoms with Crippen LogP contribution in [0.1, 0.15) is 25.2 Å². The molecule has 6 nitrogen and oxygen atoms in total. The predicted molar refractivity (Wildman–Crippen MR) is 91.9 cm³/mol. The number of aromatic nitrogens is 1. The largest absolute Gasteiger partial charge is 0.441 e. The number of likely N-dealkylation sites (tertiary alicyclic amines) is 1. The fourth-order valence-corrected chi connectivity index (χ4v) is 3.80. The zero-order valence-corrected chi connectivity index (χ0v) is 13.9. The van der Waals surface area contributed by atoms with Crippen LogP contribution in [0.4, 0.5) is 4.79 Å². The van der Waals surface area contributed by atoms with E-state index in [1.807, 2.05) is 29.2 Å². The highest BCUT2D eigenvalue weighted by Gasteiger charge is 2.30. The van der Waals surface area contributed by atoms with Crippen molar-refractivity contribution in [2.24, 2.45) is 0 Å². The maximum Gasteiger partial charge on any atom is 0.317 e. The van der Waals surface area contributed by atoms with Crippen molar-refractivity contribution >= 4 is 17.1 Å². The quantitative estimate of drug-likeness (QED) is 0.914. The Morgan fingerprint density at radius 1 is 1.29 bits per heavy atom. The van der Waals surface area contributed by atoms with Crippen LogP contribution < -0.4 is 5.32 Å². The Labute approximate surface area is 141 Å². The summed E-state index contributed by atoms with van der Waals surface area (Å²) in [6, 6.07) is 8.37. The number of hydrogen-bond acceptors (Lipinski definition) is 4. The topological polar surface area (TPSA) is 61.6 Å². The highest BCUT2D eigenvalue weighted by molar-refractivity contribution is 5.76. The van der Waals surface area contributed by atoms with Gasteiger partial charge >= 0.3 is 6.03 Å². The van der Waals surface area contributed by atoms with E-state index in [2.05, 4.69) is 15.2 Å². The minimum atomic E-state index is 0.105. The van der Waals surface area contributed by atoms with Gasteiger partial charge in [-0.05, 0) is 44.5 Å². The normalized spacial score (nSPS) is 22.2. The number of nitrogens with zero attached hydrogens (tertiary/aromatic N) is 3. The number of fused-ring (bicyclic) bond motifs is 1. The summed E-state index contributed by atoms with van der Waals surface area (Å²) in [5, 5.41) is 2.91. The monoisotopic (exact) mass is 328 g/mol. The number of rotatable bonds is 5. The van der Waals surface area contributed by atoms with Gasteiger partial charge in [0.25, 0.3) is 0 Å². The molecule has 1 N–H and O–H groups in total. The number of amides is 2. The average molecular weight is 328 g/mol. The molecule has 24 heavy (non-hydrogen) atoms. The number of aryl methyl sites for hydroxylation is 1. The summed E-state index contributed by atoms with van der Waals surface area (Å²) < 4.78 is 5.78. The van der Waals surface area contributed by atoms with E-state index in [0.717, 1.165) is 75.4 Å². The van der Waals surface area contributed by atoms with E-state index in [1.54, 1.807) is 0 Å². The summed E-state index contributed by atoms with van der Waals surface area (Å²) in [6.45, 7) is 4.78. The van der Waals surface area contributed by atoms with Crippen LogP contribution in [0.25, 0.3) is 11.1 Å². The summed E-state index contributed by atoms with van der Waals surface area (Å²) in [5.41, 5.74) is 1.80. The molecule has 1 atom stereocenters. The molecule has 3 heterocycles. The van der Waals surface area contributed by atoms with Gasteiger partial charge in [-0.1, -0.05) is 12.1 Å². The van der Waals surface area contributed by atoms with Crippen LogP contribution in [0, 0.1) is 0 Å². The number of hydrogen-bond donors (Lipinski definition) is 1. The minimum Gasteiger partial charge on any atom is -0.441 e. The number of piperidine rings is 1. The van der Waals surface area contributed by atoms with Crippen molar-refractivity contribution < 1.29 is 9.21 Å². The number of para-hydroxylation sites is 2. The van der Waals surface area contributed by atoms with Gasteiger partial charge in [-0.2, -0.15) is 0 Å². The Hall–Kier alpha value is -2.08. The van der Waals surface area contributed by atoms with Gasteiger partial charge in [0.05, 0.1) is 0 Å². The van der Waals surface area contributed by atoms with Crippen LogP contribution in [0.5, 0.6) is 0 Å². The fraction of sp³-hybridized carbons (Fsp3) is 0.556. The SMILES string of the molecule is O=C1NCCN1C1CCCN(CCCc2nc3ccccc3o2)C1. The molecule has 1 aromatic heterocycles. The van der Waals surface area contributed by atoms with Crippen LogP contribution in [0.3, 0.4) is 0 Å². The predicted octanol–water partition coefficient (Wildman–Crippen LogP) is 2.25. The first-order valence-corrected chi connectivity index (χ1v) is 8.91. The van der Waals surface area contributed by atoms with Crippen LogP contribution in [0.2, 0.25) is 0 Å². The average Bonchev–Trinajstić information content (AvgIpc) is 3.20. The smallest absolute Gasteiger partial charge is 0.317 e. The van der Waals surface area contributed by atoms with Crippen molar-refractivity contribution in [3.05, 3.63) is 30.2 Å². The Kier molecular flexibility index (Phi) is 4.38. The zero-order chi connectivity index (χ0) is 16.4. The van der Waals surface area contributed by atoms with Crippen molar-refractivity contribution in [3.8, 4) is 0 Å². The second-order valence-corrected chi connectivity index (χ2v) is 6.70. The zero-order valence-electron chi connectivity index (χ0n) is 13.9. The first kappa shape index (κ1) is 15.4. The van der Waals surface area contributed by atoms with Crippen molar-refractivity contribution in [1.29, 1.82) is 0 Å². The first-order valence-electron chi connectivity index (χ1n) is 8.91. The highest BCUT2D eigenvalue weighted by Crippen LogP contribution is 2.19. The molecule has 128 valence electrons. The lowest BCUT2D eigenvalue weighted by Gasteiger charge is -2.37. The molecule has 0 aliphatic carbocycles. The molecule has 4 rings (SSSR count). The number of carbonyl (C=O) groups is 1. The Bertz CT molecular complexity index is 681. The molecular formula is C18H24N4O2. The Morgan fingerprint density at radius 2 is 2.21 bits per heavy atom. The second kappa shape index (κ2) is 6.81. The molecule has 2 aliphatic heterocycles. The summed E-state index contributed by atoms with van der Waals surface area (Å²) >= 11 is 0. The van der Waals surface area contributed by atoms with Crippen molar-refractivity contribution in [3.63, 3.8) is 0 Å². The second-order valence-electron chi connectivity index (χ2n) is 6.70. The maximum absolute atomic E-state index is 11.8. The molecule has 2 amide bonds. The van der Waals surface area contributed by atoms with E-state index in [1.165, 1.54) is 0 Å². The third-order valence-corrected chi connectivity index (χ3v) is 5.01. The molecule has 1 unspecified atom stereocenters. The maximum atomic E-state index is 11.8. The number of urea groups is 1. The molecule has 2 saturated heterocycles. The van der Waals surface area contributed by atoms with Gasteiger partial charge in [0.1, 0.15) is 5.52 Å². The van der Waals surface area contributed by atoms with Crippen molar-refractivity contribution in [2.45, 2.75) is 31.7 Å². The van der Waals surface area contributed by atoms with E-state index >= 15 is 0 Å². The lowest BCUT2D eigenvalue weighted by Crippen LogP contribution is -2.49. The molecule has 0 saturated carbocycles. The lowest BCUT2D eigenvalue weighted by molar-refractivity contribution is 0.125. The van der Waals surface area contributed by atoms with Gasteiger partial charge in [-0.3, -0.25) is 0 Å². The number of oxazole rings is 1. The van der Waals surface area contributed by atoms with E-state index in [-0.39, 0.29) is 6.03 Å².